The maximum Gasteiger partial charge on any atom is 0.223 e. The van der Waals surface area contributed by atoms with E-state index in [9.17, 15) is 9.59 Å². The van der Waals surface area contributed by atoms with Crippen LogP contribution in [0.25, 0.3) is 11.3 Å². The van der Waals surface area contributed by atoms with Crippen LogP contribution in [0.15, 0.2) is 42.5 Å². The van der Waals surface area contributed by atoms with Crippen molar-refractivity contribution in [3.05, 3.63) is 53.7 Å². The first-order valence-corrected chi connectivity index (χ1v) is 7.48. The van der Waals surface area contributed by atoms with E-state index in [1.807, 2.05) is 36.4 Å². The van der Waals surface area contributed by atoms with Crippen LogP contribution < -0.4 is 5.32 Å². The quantitative estimate of drug-likeness (QED) is 0.862. The minimum absolute atomic E-state index is 0.0368. The summed E-state index contributed by atoms with van der Waals surface area (Å²) in [5.74, 6) is 0.357. The number of Topliss-reactive ketones (excluding diaryl/α,β-unsaturated/α-hetero) is 1. The molecule has 4 heteroatoms. The highest BCUT2D eigenvalue weighted by molar-refractivity contribution is 5.95. The average Bonchev–Trinajstić information content (AvgIpc) is 3.38. The Labute approximate surface area is 129 Å². The smallest absolute Gasteiger partial charge is 0.223 e. The van der Waals surface area contributed by atoms with Gasteiger partial charge in [0.1, 0.15) is 0 Å². The number of hydrogen-bond acceptors (Lipinski definition) is 3. The molecule has 0 bridgehead atoms. The van der Waals surface area contributed by atoms with E-state index in [1.54, 1.807) is 13.0 Å². The number of nitrogens with one attached hydrogen (secondary N) is 1. The summed E-state index contributed by atoms with van der Waals surface area (Å²) < 4.78 is 0. The largest absolute Gasteiger partial charge is 0.350 e. The Kier molecular flexibility index (Phi) is 4.00. The Morgan fingerprint density at radius 2 is 1.95 bits per heavy atom. The van der Waals surface area contributed by atoms with Gasteiger partial charge in [0.2, 0.25) is 5.91 Å². The summed E-state index contributed by atoms with van der Waals surface area (Å²) in [5.41, 5.74) is 3.20. The second kappa shape index (κ2) is 6.10. The number of ketones is 1. The Morgan fingerprint density at radius 1 is 1.18 bits per heavy atom. The van der Waals surface area contributed by atoms with Crippen molar-refractivity contribution < 1.29 is 9.59 Å². The Morgan fingerprint density at radius 3 is 2.68 bits per heavy atom. The molecule has 1 N–H and O–H groups in total. The standard InChI is InChI=1S/C18H18N2O2/c1-12(21)14-4-2-5-15(10-14)17-7-3-6-16(20-17)11-19-18(22)13-8-9-13/h2-7,10,13H,8-9,11H2,1H3,(H,19,22). The Bertz CT molecular complexity index is 721. The van der Waals surface area contributed by atoms with Crippen molar-refractivity contribution in [3.8, 4) is 11.3 Å². The molecule has 22 heavy (non-hydrogen) atoms. The molecule has 0 unspecified atom stereocenters. The lowest BCUT2D eigenvalue weighted by atomic mass is 10.1. The number of rotatable bonds is 5. The molecule has 4 nitrogen and oxygen atoms in total. The minimum Gasteiger partial charge on any atom is -0.350 e. The molecule has 1 fully saturated rings. The highest BCUT2D eigenvalue weighted by Crippen LogP contribution is 2.28. The summed E-state index contributed by atoms with van der Waals surface area (Å²) in [6.45, 7) is 1.99. The first-order valence-electron chi connectivity index (χ1n) is 7.48. The molecule has 3 rings (SSSR count). The second-order valence-corrected chi connectivity index (χ2v) is 5.64. The molecule has 0 atom stereocenters. The van der Waals surface area contributed by atoms with Crippen LogP contribution in [-0.2, 0) is 11.3 Å². The first-order chi connectivity index (χ1) is 10.6. The van der Waals surface area contributed by atoms with Gasteiger partial charge in [-0.3, -0.25) is 14.6 Å². The summed E-state index contributed by atoms with van der Waals surface area (Å²) in [4.78, 5) is 27.7. The lowest BCUT2D eigenvalue weighted by molar-refractivity contribution is -0.122. The van der Waals surface area contributed by atoms with Crippen molar-refractivity contribution >= 4 is 11.7 Å². The summed E-state index contributed by atoms with van der Waals surface area (Å²) in [6.07, 6.45) is 1.99. The molecular weight excluding hydrogens is 276 g/mol. The number of pyridine rings is 1. The zero-order valence-corrected chi connectivity index (χ0v) is 12.5. The summed E-state index contributed by atoms with van der Waals surface area (Å²) in [7, 11) is 0. The van der Waals surface area contributed by atoms with Gasteiger partial charge in [0, 0.05) is 17.0 Å². The topological polar surface area (TPSA) is 59.1 Å². The van der Waals surface area contributed by atoms with Crippen molar-refractivity contribution in [2.45, 2.75) is 26.3 Å². The van der Waals surface area contributed by atoms with Gasteiger partial charge in [0.15, 0.2) is 5.78 Å². The van der Waals surface area contributed by atoms with Crippen molar-refractivity contribution in [3.63, 3.8) is 0 Å². The maximum absolute atomic E-state index is 11.7. The molecule has 0 radical (unpaired) electrons. The van der Waals surface area contributed by atoms with Crippen molar-refractivity contribution in [1.82, 2.24) is 10.3 Å². The molecule has 1 aromatic heterocycles. The first kappa shape index (κ1) is 14.4. The highest BCUT2D eigenvalue weighted by atomic mass is 16.2. The number of hydrogen-bond donors (Lipinski definition) is 1. The summed E-state index contributed by atoms with van der Waals surface area (Å²) in [5, 5.41) is 2.91. The van der Waals surface area contributed by atoms with E-state index in [2.05, 4.69) is 10.3 Å². The van der Waals surface area contributed by atoms with Crippen LogP contribution in [0.5, 0.6) is 0 Å². The lowest BCUT2D eigenvalue weighted by Crippen LogP contribution is -2.24. The van der Waals surface area contributed by atoms with Crippen molar-refractivity contribution in [2.24, 2.45) is 5.92 Å². The molecule has 2 aromatic rings. The molecule has 1 saturated carbocycles. The Balaban J connectivity index is 1.76. The molecule has 0 aliphatic heterocycles. The SMILES string of the molecule is CC(=O)c1cccc(-c2cccc(CNC(=O)C3CC3)n2)c1. The highest BCUT2D eigenvalue weighted by Gasteiger charge is 2.29. The van der Waals surface area contributed by atoms with Crippen molar-refractivity contribution in [2.75, 3.05) is 0 Å². The third-order valence-corrected chi connectivity index (χ3v) is 3.76. The van der Waals surface area contributed by atoms with Crippen LogP contribution in [0.1, 0.15) is 35.8 Å². The molecule has 0 spiro atoms. The van der Waals surface area contributed by atoms with Gasteiger partial charge in [-0.1, -0.05) is 24.3 Å². The lowest BCUT2D eigenvalue weighted by Gasteiger charge is -2.07. The van der Waals surface area contributed by atoms with Crippen LogP contribution in [0.3, 0.4) is 0 Å². The van der Waals surface area contributed by atoms with Gasteiger partial charge < -0.3 is 5.32 Å². The van der Waals surface area contributed by atoms with E-state index in [1.165, 1.54) is 0 Å². The third-order valence-electron chi connectivity index (χ3n) is 3.76. The second-order valence-electron chi connectivity index (χ2n) is 5.64. The molecule has 1 aliphatic rings. The number of nitrogens with zero attached hydrogens (tertiary/aromatic N) is 1. The zero-order valence-electron chi connectivity index (χ0n) is 12.5. The number of amides is 1. The normalized spacial score (nSPS) is 13.7. The zero-order chi connectivity index (χ0) is 15.5. The number of benzene rings is 1. The van der Waals surface area contributed by atoms with E-state index in [0.717, 1.165) is 29.8 Å². The van der Waals surface area contributed by atoms with Gasteiger partial charge in [-0.2, -0.15) is 0 Å². The van der Waals surface area contributed by atoms with Gasteiger partial charge in [-0.25, -0.2) is 0 Å². The fourth-order valence-corrected chi connectivity index (χ4v) is 2.30. The summed E-state index contributed by atoms with van der Waals surface area (Å²) in [6, 6.07) is 13.2. The van der Waals surface area contributed by atoms with Gasteiger partial charge >= 0.3 is 0 Å². The van der Waals surface area contributed by atoms with E-state index in [-0.39, 0.29) is 17.6 Å². The van der Waals surface area contributed by atoms with Crippen LogP contribution in [-0.4, -0.2) is 16.7 Å². The summed E-state index contributed by atoms with van der Waals surface area (Å²) >= 11 is 0. The predicted molar refractivity (Wildman–Crippen MR) is 84.2 cm³/mol. The molecule has 0 saturated heterocycles. The monoisotopic (exact) mass is 294 g/mol. The number of carbonyl (C=O) groups excluding carboxylic acids is 2. The van der Waals surface area contributed by atoms with E-state index >= 15 is 0 Å². The Hall–Kier alpha value is -2.49. The predicted octanol–water partition coefficient (Wildman–Crippen LogP) is 2.98. The molecule has 112 valence electrons. The van der Waals surface area contributed by atoms with E-state index in [0.29, 0.717) is 12.1 Å². The van der Waals surface area contributed by atoms with Crippen LogP contribution >= 0.6 is 0 Å². The fourth-order valence-electron chi connectivity index (χ4n) is 2.30. The van der Waals surface area contributed by atoms with E-state index < -0.39 is 0 Å². The van der Waals surface area contributed by atoms with Crippen LogP contribution in [0.2, 0.25) is 0 Å². The molecule has 1 aromatic carbocycles. The van der Waals surface area contributed by atoms with Crippen molar-refractivity contribution in [1.29, 1.82) is 0 Å². The minimum atomic E-state index is 0.0368. The molecule has 1 amide bonds. The van der Waals surface area contributed by atoms with Gasteiger partial charge in [-0.05, 0) is 38.0 Å². The average molecular weight is 294 g/mol. The maximum atomic E-state index is 11.7. The van der Waals surface area contributed by atoms with Crippen LogP contribution in [0, 0.1) is 5.92 Å². The van der Waals surface area contributed by atoms with Gasteiger partial charge in [0.05, 0.1) is 17.9 Å². The van der Waals surface area contributed by atoms with E-state index in [4.69, 9.17) is 0 Å². The molecule has 1 aliphatic carbocycles. The fraction of sp³-hybridized carbons (Fsp3) is 0.278. The van der Waals surface area contributed by atoms with Gasteiger partial charge in [0.25, 0.3) is 0 Å². The molecular formula is C18H18N2O2. The van der Waals surface area contributed by atoms with Crippen LogP contribution in [0.4, 0.5) is 0 Å². The number of aromatic nitrogens is 1. The van der Waals surface area contributed by atoms with Gasteiger partial charge in [-0.15, -0.1) is 0 Å². The third kappa shape index (κ3) is 3.39. The number of carbonyl (C=O) groups is 2. The molecule has 1 heterocycles.